The van der Waals surface area contributed by atoms with Gasteiger partial charge in [0.2, 0.25) is 0 Å². The van der Waals surface area contributed by atoms with E-state index in [1.807, 2.05) is 20.8 Å². The van der Waals surface area contributed by atoms with Crippen LogP contribution < -0.4 is 9.47 Å². The summed E-state index contributed by atoms with van der Waals surface area (Å²) in [6.45, 7) is 5.56. The average Bonchev–Trinajstić information content (AvgIpc) is 2.58. The minimum Gasteiger partial charge on any atom is -0.497 e. The first-order valence-electron chi connectivity index (χ1n) is 7.91. The maximum atomic E-state index is 13.7. The van der Waals surface area contributed by atoms with Gasteiger partial charge in [-0.3, -0.25) is 0 Å². The molecule has 0 amide bonds. The second-order valence-electron chi connectivity index (χ2n) is 6.52. The van der Waals surface area contributed by atoms with Crippen LogP contribution in [0.4, 0.5) is 4.39 Å². The summed E-state index contributed by atoms with van der Waals surface area (Å²) >= 11 is 6.18. The van der Waals surface area contributed by atoms with Gasteiger partial charge in [0.05, 0.1) is 16.9 Å². The number of methoxy groups -OCH3 is 1. The number of rotatable bonds is 6. The van der Waals surface area contributed by atoms with Crippen molar-refractivity contribution in [1.29, 1.82) is 0 Å². The smallest absolute Gasteiger partial charge is 0.144 e. The highest BCUT2D eigenvalue weighted by Crippen LogP contribution is 2.25. The average molecular weight is 398 g/mol. The molecule has 0 bridgehead atoms. The number of hydrogen-bond acceptors (Lipinski definition) is 3. The molecule has 0 N–H and O–H groups in total. The Morgan fingerprint density at radius 2 is 1.81 bits per heavy atom. The van der Waals surface area contributed by atoms with Crippen LogP contribution in [0.1, 0.15) is 31.9 Å². The van der Waals surface area contributed by atoms with Gasteiger partial charge in [-0.05, 0) is 57.2 Å². The summed E-state index contributed by atoms with van der Waals surface area (Å²) in [4.78, 5) is 0. The molecule has 0 aliphatic carbocycles. The fourth-order valence-corrected chi connectivity index (χ4v) is 2.77. The molecule has 140 valence electrons. The van der Waals surface area contributed by atoms with E-state index in [0.717, 1.165) is 5.75 Å². The van der Waals surface area contributed by atoms with Gasteiger partial charge in [-0.1, -0.05) is 11.6 Å². The molecule has 0 radical (unpaired) electrons. The van der Waals surface area contributed by atoms with Gasteiger partial charge >= 0.3 is 0 Å². The molecule has 26 heavy (non-hydrogen) atoms. The van der Waals surface area contributed by atoms with Crippen LogP contribution >= 0.6 is 11.6 Å². The summed E-state index contributed by atoms with van der Waals surface area (Å²) < 4.78 is 40.2. The van der Waals surface area contributed by atoms with Crippen LogP contribution in [0, 0.1) is 5.82 Å². The molecule has 1 atom stereocenters. The minimum absolute atomic E-state index is 0.120. The van der Waals surface area contributed by atoms with E-state index in [0.29, 0.717) is 16.9 Å². The second-order valence-corrected chi connectivity index (χ2v) is 8.86. The third-order valence-corrected chi connectivity index (χ3v) is 5.13. The highest BCUT2D eigenvalue weighted by Gasteiger charge is 2.18. The third kappa shape index (κ3) is 5.54. The van der Waals surface area contributed by atoms with Crippen molar-refractivity contribution in [3.05, 3.63) is 58.4 Å². The van der Waals surface area contributed by atoms with Crippen LogP contribution in [0.2, 0.25) is 5.02 Å². The van der Waals surface area contributed by atoms with E-state index in [-0.39, 0.29) is 11.6 Å². The lowest BCUT2D eigenvalue weighted by Gasteiger charge is -2.14. The summed E-state index contributed by atoms with van der Waals surface area (Å²) in [7, 11) is 0.131. The summed E-state index contributed by atoms with van der Waals surface area (Å²) in [5.74, 6) is 0.841. The Balaban J connectivity index is 2.23. The summed E-state index contributed by atoms with van der Waals surface area (Å²) in [6, 6.07) is 9.58. The minimum atomic E-state index is -1.45. The standard InChI is InChI=1S/C19H21ClFNO3S/c1-19(2,3)26(23)22-11-13-9-14(21)10-18(20)17(13)12-25-16-7-5-15(24-4)6-8-16/h5-11H,12H2,1-4H3/b22-11+/t26-/m1/s1. The van der Waals surface area contributed by atoms with Gasteiger partial charge in [-0.2, -0.15) is 4.40 Å². The lowest BCUT2D eigenvalue weighted by molar-refractivity contribution is 0.305. The molecule has 7 heteroatoms. The van der Waals surface area contributed by atoms with Gasteiger partial charge in [0.25, 0.3) is 0 Å². The Hall–Kier alpha value is -1.92. The molecule has 0 saturated carbocycles. The summed E-state index contributed by atoms with van der Waals surface area (Å²) in [6.07, 6.45) is 1.38. The molecule has 0 fully saturated rings. The van der Waals surface area contributed by atoms with Gasteiger partial charge in [0.15, 0.2) is 0 Å². The molecule has 0 aliphatic heterocycles. The zero-order chi connectivity index (χ0) is 19.3. The molecule has 0 aliphatic rings. The molecular formula is C19H21ClFNO3S. The monoisotopic (exact) mass is 397 g/mol. The number of halogens is 2. The molecule has 0 saturated heterocycles. The molecule has 0 heterocycles. The molecule has 2 aromatic carbocycles. The number of nitrogens with zero attached hydrogens (tertiary/aromatic N) is 1. The van der Waals surface area contributed by atoms with E-state index in [2.05, 4.69) is 4.40 Å². The molecule has 0 spiro atoms. The summed E-state index contributed by atoms with van der Waals surface area (Å²) in [5, 5.41) is 0.224. The number of ether oxygens (including phenoxy) is 2. The number of hydrogen-bond donors (Lipinski definition) is 0. The van der Waals surface area contributed by atoms with E-state index in [1.165, 1.54) is 18.3 Å². The SMILES string of the molecule is COc1ccc(OCc2c(Cl)cc(F)cc2/C=N/[S@](=O)C(C)(C)C)cc1. The molecular weight excluding hydrogens is 377 g/mol. The lowest BCUT2D eigenvalue weighted by atomic mass is 10.1. The Labute approximate surface area is 160 Å². The van der Waals surface area contributed by atoms with E-state index in [4.69, 9.17) is 21.1 Å². The van der Waals surface area contributed by atoms with Crippen LogP contribution in [-0.4, -0.2) is 22.3 Å². The Kier molecular flexibility index (Phi) is 6.78. The van der Waals surface area contributed by atoms with Gasteiger partial charge < -0.3 is 9.47 Å². The predicted octanol–water partition coefficient (Wildman–Crippen LogP) is 4.95. The van der Waals surface area contributed by atoms with Crippen LogP contribution in [0.5, 0.6) is 11.5 Å². The lowest BCUT2D eigenvalue weighted by Crippen LogP contribution is -2.19. The van der Waals surface area contributed by atoms with E-state index >= 15 is 0 Å². The molecule has 4 nitrogen and oxygen atoms in total. The zero-order valence-corrected chi connectivity index (χ0v) is 16.7. The van der Waals surface area contributed by atoms with Crippen molar-refractivity contribution >= 4 is 28.8 Å². The topological polar surface area (TPSA) is 47.9 Å². The normalized spacial score (nSPS) is 13.0. The van der Waals surface area contributed by atoms with E-state index in [1.54, 1.807) is 31.4 Å². The van der Waals surface area contributed by atoms with Crippen LogP contribution in [0.15, 0.2) is 40.8 Å². The van der Waals surface area contributed by atoms with Gasteiger partial charge in [-0.25, -0.2) is 8.60 Å². The molecule has 2 rings (SSSR count). The van der Waals surface area contributed by atoms with Crippen molar-refractivity contribution in [3.63, 3.8) is 0 Å². The van der Waals surface area contributed by atoms with Crippen molar-refractivity contribution in [2.75, 3.05) is 7.11 Å². The Bertz CT molecular complexity index is 817. The van der Waals surface area contributed by atoms with Crippen molar-refractivity contribution in [1.82, 2.24) is 0 Å². The van der Waals surface area contributed by atoms with E-state index in [9.17, 15) is 8.60 Å². The van der Waals surface area contributed by atoms with Gasteiger partial charge in [0, 0.05) is 17.3 Å². The van der Waals surface area contributed by atoms with Gasteiger partial charge in [0.1, 0.15) is 34.9 Å². The first-order chi connectivity index (χ1) is 12.2. The Morgan fingerprint density at radius 1 is 1.19 bits per heavy atom. The van der Waals surface area contributed by atoms with Crippen molar-refractivity contribution < 1.29 is 18.1 Å². The van der Waals surface area contributed by atoms with Crippen molar-refractivity contribution in [2.45, 2.75) is 32.1 Å². The largest absolute Gasteiger partial charge is 0.497 e. The first kappa shape index (κ1) is 20.4. The highest BCUT2D eigenvalue weighted by molar-refractivity contribution is 7.85. The Morgan fingerprint density at radius 3 is 2.38 bits per heavy atom. The van der Waals surface area contributed by atoms with Crippen LogP contribution in [0.3, 0.4) is 0 Å². The highest BCUT2D eigenvalue weighted by atomic mass is 35.5. The number of benzene rings is 2. The maximum absolute atomic E-state index is 13.7. The first-order valence-corrected chi connectivity index (χ1v) is 9.40. The molecule has 0 aromatic heterocycles. The fourth-order valence-electron chi connectivity index (χ4n) is 1.98. The van der Waals surface area contributed by atoms with Crippen molar-refractivity contribution in [2.24, 2.45) is 4.40 Å². The van der Waals surface area contributed by atoms with Crippen LogP contribution in [-0.2, 0) is 17.6 Å². The predicted molar refractivity (Wildman–Crippen MR) is 104 cm³/mol. The molecule has 2 aromatic rings. The van der Waals surface area contributed by atoms with Gasteiger partial charge in [-0.15, -0.1) is 0 Å². The zero-order valence-electron chi connectivity index (χ0n) is 15.1. The van der Waals surface area contributed by atoms with Crippen LogP contribution in [0.25, 0.3) is 0 Å². The van der Waals surface area contributed by atoms with E-state index < -0.39 is 21.5 Å². The quantitative estimate of drug-likeness (QED) is 0.648. The van der Waals surface area contributed by atoms with Crippen molar-refractivity contribution in [3.8, 4) is 11.5 Å². The maximum Gasteiger partial charge on any atom is 0.144 e. The second kappa shape index (κ2) is 8.64. The summed E-state index contributed by atoms with van der Waals surface area (Å²) in [5.41, 5.74) is 1.000. The third-order valence-electron chi connectivity index (χ3n) is 3.45. The fraction of sp³-hybridized carbons (Fsp3) is 0.316. The molecule has 0 unspecified atom stereocenters.